The standard InChI is InChI=1S/C17H25NOS/c1-14-12-18(3)15(2)11-17(14,19)9-10-20-13-16-7-5-4-6-8-16/h4-10,14-15,19H,11-13H2,1-3H3. The van der Waals surface area contributed by atoms with E-state index < -0.39 is 5.60 Å². The molecule has 1 fully saturated rings. The van der Waals surface area contributed by atoms with Crippen molar-refractivity contribution in [3.8, 4) is 0 Å². The summed E-state index contributed by atoms with van der Waals surface area (Å²) in [7, 11) is 2.13. The maximum atomic E-state index is 10.8. The molecule has 110 valence electrons. The maximum Gasteiger partial charge on any atom is 0.0888 e. The van der Waals surface area contributed by atoms with Crippen molar-refractivity contribution in [3.63, 3.8) is 0 Å². The van der Waals surface area contributed by atoms with E-state index in [-0.39, 0.29) is 5.92 Å². The third kappa shape index (κ3) is 3.87. The Morgan fingerprint density at radius 3 is 2.75 bits per heavy atom. The van der Waals surface area contributed by atoms with E-state index in [4.69, 9.17) is 0 Å². The molecule has 2 nitrogen and oxygen atoms in total. The summed E-state index contributed by atoms with van der Waals surface area (Å²) in [6.07, 6.45) is 2.82. The number of nitrogens with zero attached hydrogens (tertiary/aromatic N) is 1. The monoisotopic (exact) mass is 291 g/mol. The summed E-state index contributed by atoms with van der Waals surface area (Å²) < 4.78 is 0. The van der Waals surface area contributed by atoms with Crippen LogP contribution in [0.3, 0.4) is 0 Å². The molecule has 3 unspecified atom stereocenters. The lowest BCUT2D eigenvalue weighted by atomic mass is 9.79. The Kier molecular flexibility index (Phi) is 5.30. The van der Waals surface area contributed by atoms with E-state index in [9.17, 15) is 5.11 Å². The molecular formula is C17H25NOS. The zero-order valence-corrected chi connectivity index (χ0v) is 13.4. The lowest BCUT2D eigenvalue weighted by Gasteiger charge is -2.44. The molecule has 0 bridgehead atoms. The zero-order chi connectivity index (χ0) is 14.6. The van der Waals surface area contributed by atoms with Crippen LogP contribution >= 0.6 is 11.8 Å². The number of benzene rings is 1. The minimum atomic E-state index is -0.657. The van der Waals surface area contributed by atoms with Gasteiger partial charge in [0.15, 0.2) is 0 Å². The van der Waals surface area contributed by atoms with Crippen LogP contribution < -0.4 is 0 Å². The molecule has 1 aliphatic rings. The van der Waals surface area contributed by atoms with Gasteiger partial charge >= 0.3 is 0 Å². The van der Waals surface area contributed by atoms with Gasteiger partial charge in [-0.25, -0.2) is 0 Å². The average Bonchev–Trinajstić information content (AvgIpc) is 2.43. The van der Waals surface area contributed by atoms with E-state index in [1.807, 2.05) is 12.1 Å². The molecular weight excluding hydrogens is 266 g/mol. The van der Waals surface area contributed by atoms with Gasteiger partial charge in [-0.1, -0.05) is 37.3 Å². The number of hydrogen-bond donors (Lipinski definition) is 1. The number of aliphatic hydroxyl groups is 1. The van der Waals surface area contributed by atoms with Gasteiger partial charge in [-0.3, -0.25) is 0 Å². The smallest absolute Gasteiger partial charge is 0.0888 e. The summed E-state index contributed by atoms with van der Waals surface area (Å²) in [5, 5.41) is 12.9. The van der Waals surface area contributed by atoms with Gasteiger partial charge in [-0.2, -0.15) is 0 Å². The highest BCUT2D eigenvalue weighted by molar-refractivity contribution is 8.01. The number of rotatable bonds is 4. The molecule has 0 aliphatic carbocycles. The molecule has 0 spiro atoms. The quantitative estimate of drug-likeness (QED) is 0.918. The van der Waals surface area contributed by atoms with Crippen LogP contribution in [0.4, 0.5) is 0 Å². The highest BCUT2D eigenvalue weighted by Gasteiger charge is 2.38. The molecule has 3 heteroatoms. The van der Waals surface area contributed by atoms with Gasteiger partial charge in [0.2, 0.25) is 0 Å². The van der Waals surface area contributed by atoms with Crippen molar-refractivity contribution in [2.45, 2.75) is 37.7 Å². The minimum absolute atomic E-state index is 0.275. The van der Waals surface area contributed by atoms with Crippen LogP contribution in [0.1, 0.15) is 25.8 Å². The highest BCUT2D eigenvalue weighted by Crippen LogP contribution is 2.32. The van der Waals surface area contributed by atoms with Gasteiger partial charge in [0, 0.05) is 24.3 Å². The summed E-state index contributed by atoms with van der Waals surface area (Å²) in [6, 6.07) is 10.9. The Morgan fingerprint density at radius 2 is 2.05 bits per heavy atom. The van der Waals surface area contributed by atoms with Gasteiger partial charge in [0.05, 0.1) is 5.60 Å². The first-order valence-corrected chi connectivity index (χ1v) is 8.32. The summed E-state index contributed by atoms with van der Waals surface area (Å²) >= 11 is 1.75. The van der Waals surface area contributed by atoms with E-state index in [2.05, 4.69) is 55.5 Å². The first-order chi connectivity index (χ1) is 9.51. The molecule has 0 radical (unpaired) electrons. The van der Waals surface area contributed by atoms with Crippen LogP contribution in [0.15, 0.2) is 41.8 Å². The summed E-state index contributed by atoms with van der Waals surface area (Å²) in [5.74, 6) is 1.23. The molecule has 0 saturated carbocycles. The number of piperidine rings is 1. The van der Waals surface area contributed by atoms with Crippen LogP contribution in [0.5, 0.6) is 0 Å². The van der Waals surface area contributed by atoms with Crippen molar-refractivity contribution < 1.29 is 5.11 Å². The molecule has 0 aromatic heterocycles. The first kappa shape index (κ1) is 15.6. The molecule has 1 heterocycles. The van der Waals surface area contributed by atoms with Crippen molar-refractivity contribution in [1.29, 1.82) is 0 Å². The second-order valence-electron chi connectivity index (χ2n) is 5.98. The van der Waals surface area contributed by atoms with Gasteiger partial charge in [-0.05, 0) is 37.4 Å². The Balaban J connectivity index is 1.89. The molecule has 1 aliphatic heterocycles. The van der Waals surface area contributed by atoms with Crippen LogP contribution in [0.2, 0.25) is 0 Å². The molecule has 20 heavy (non-hydrogen) atoms. The number of thioether (sulfide) groups is 1. The SMILES string of the molecule is CC1CC(O)(C=CSCc2ccccc2)C(C)CN1C. The van der Waals surface area contributed by atoms with Crippen molar-refractivity contribution >= 4 is 11.8 Å². The Hall–Kier alpha value is -0.770. The van der Waals surface area contributed by atoms with Crippen LogP contribution in [0.25, 0.3) is 0 Å². The molecule has 1 saturated heterocycles. The topological polar surface area (TPSA) is 23.5 Å². The van der Waals surface area contributed by atoms with Crippen LogP contribution in [0, 0.1) is 5.92 Å². The molecule has 2 rings (SSSR count). The van der Waals surface area contributed by atoms with E-state index in [1.165, 1.54) is 5.56 Å². The molecule has 1 N–H and O–H groups in total. The second-order valence-corrected chi connectivity index (χ2v) is 6.88. The number of likely N-dealkylation sites (tertiary alicyclic amines) is 1. The fraction of sp³-hybridized carbons (Fsp3) is 0.529. The largest absolute Gasteiger partial charge is 0.385 e. The average molecular weight is 291 g/mol. The van der Waals surface area contributed by atoms with Crippen molar-refractivity contribution in [1.82, 2.24) is 4.90 Å². The third-order valence-corrected chi connectivity index (χ3v) is 5.16. The lowest BCUT2D eigenvalue weighted by molar-refractivity contribution is -0.0418. The minimum Gasteiger partial charge on any atom is -0.385 e. The predicted octanol–water partition coefficient (Wildman–Crippen LogP) is 3.52. The Bertz CT molecular complexity index is 448. The molecule has 1 aromatic rings. The Morgan fingerprint density at radius 1 is 1.35 bits per heavy atom. The lowest BCUT2D eigenvalue weighted by Crippen LogP contribution is -2.52. The first-order valence-electron chi connectivity index (χ1n) is 7.27. The summed E-state index contributed by atoms with van der Waals surface area (Å²) in [5.41, 5.74) is 0.661. The van der Waals surface area contributed by atoms with E-state index in [0.29, 0.717) is 6.04 Å². The van der Waals surface area contributed by atoms with Crippen molar-refractivity contribution in [3.05, 3.63) is 47.4 Å². The van der Waals surface area contributed by atoms with Gasteiger partial charge in [0.25, 0.3) is 0 Å². The molecule has 1 aromatic carbocycles. The van der Waals surface area contributed by atoms with Crippen molar-refractivity contribution in [2.75, 3.05) is 13.6 Å². The number of hydrogen-bond acceptors (Lipinski definition) is 3. The van der Waals surface area contributed by atoms with E-state index in [1.54, 1.807) is 11.8 Å². The van der Waals surface area contributed by atoms with Crippen LogP contribution in [-0.2, 0) is 5.75 Å². The van der Waals surface area contributed by atoms with E-state index in [0.717, 1.165) is 18.7 Å². The third-order valence-electron chi connectivity index (χ3n) is 4.34. The summed E-state index contributed by atoms with van der Waals surface area (Å²) in [4.78, 5) is 2.32. The van der Waals surface area contributed by atoms with E-state index >= 15 is 0 Å². The Labute approximate surface area is 126 Å². The van der Waals surface area contributed by atoms with Crippen LogP contribution in [-0.4, -0.2) is 35.2 Å². The predicted molar refractivity (Wildman–Crippen MR) is 87.7 cm³/mol. The fourth-order valence-electron chi connectivity index (χ4n) is 2.72. The molecule has 3 atom stereocenters. The molecule has 0 amide bonds. The zero-order valence-electron chi connectivity index (χ0n) is 12.6. The van der Waals surface area contributed by atoms with Gasteiger partial charge in [0.1, 0.15) is 0 Å². The van der Waals surface area contributed by atoms with Gasteiger partial charge < -0.3 is 10.0 Å². The second kappa shape index (κ2) is 6.79. The normalized spacial score (nSPS) is 31.8. The summed E-state index contributed by atoms with van der Waals surface area (Å²) in [6.45, 7) is 5.27. The fourth-order valence-corrected chi connectivity index (χ4v) is 3.53. The maximum absolute atomic E-state index is 10.8. The van der Waals surface area contributed by atoms with Gasteiger partial charge in [-0.15, -0.1) is 11.8 Å². The van der Waals surface area contributed by atoms with Crippen molar-refractivity contribution in [2.24, 2.45) is 5.92 Å². The highest BCUT2D eigenvalue weighted by atomic mass is 32.2.